The molecule has 0 aliphatic carbocycles. The second-order valence-electron chi connectivity index (χ2n) is 7.86. The Kier molecular flexibility index (Phi) is 4.62. The van der Waals surface area contributed by atoms with Crippen LogP contribution >= 0.6 is 0 Å². The molecule has 1 aromatic carbocycles. The van der Waals surface area contributed by atoms with Crippen molar-refractivity contribution in [1.29, 1.82) is 0 Å². The van der Waals surface area contributed by atoms with Crippen molar-refractivity contribution >= 4 is 22.7 Å². The van der Waals surface area contributed by atoms with Crippen LogP contribution in [0.1, 0.15) is 12.1 Å². The van der Waals surface area contributed by atoms with Gasteiger partial charge in [-0.15, -0.1) is 0 Å². The van der Waals surface area contributed by atoms with Gasteiger partial charge in [0.25, 0.3) is 0 Å². The number of nitrogens with zero attached hydrogens (tertiary/aromatic N) is 7. The van der Waals surface area contributed by atoms with Crippen molar-refractivity contribution in [2.24, 2.45) is 0 Å². The molecule has 33 heavy (non-hydrogen) atoms. The van der Waals surface area contributed by atoms with Crippen LogP contribution in [-0.4, -0.2) is 46.9 Å². The van der Waals surface area contributed by atoms with Crippen molar-refractivity contribution in [3.05, 3.63) is 79.5 Å². The molecule has 5 aromatic rings. The van der Waals surface area contributed by atoms with Crippen molar-refractivity contribution in [2.45, 2.75) is 6.42 Å². The third-order valence-electron chi connectivity index (χ3n) is 5.68. The molecule has 1 aliphatic heterocycles. The molecule has 0 atom stereocenters. The second-order valence-corrected chi connectivity index (χ2v) is 7.86. The Balaban J connectivity index is 1.43. The van der Waals surface area contributed by atoms with Gasteiger partial charge in [-0.1, -0.05) is 6.08 Å². The van der Waals surface area contributed by atoms with Gasteiger partial charge in [0, 0.05) is 42.1 Å². The fourth-order valence-electron chi connectivity index (χ4n) is 4.02. The van der Waals surface area contributed by atoms with Gasteiger partial charge in [0.05, 0.1) is 36.3 Å². The van der Waals surface area contributed by atoms with Gasteiger partial charge in [-0.05, 0) is 42.8 Å². The summed E-state index contributed by atoms with van der Waals surface area (Å²) in [7, 11) is 0. The van der Waals surface area contributed by atoms with Gasteiger partial charge in [0.2, 0.25) is 0 Å². The van der Waals surface area contributed by atoms with Crippen LogP contribution < -0.4 is 16.5 Å². The largest absolute Gasteiger partial charge is 0.337 e. The molecule has 0 spiro atoms. The molecular weight excluding hydrogens is 416 g/mol. The Hall–Kier alpha value is -4.44. The van der Waals surface area contributed by atoms with Crippen LogP contribution in [0.25, 0.3) is 28.2 Å². The summed E-state index contributed by atoms with van der Waals surface area (Å²) in [6.07, 6.45) is 16.0. The highest BCUT2D eigenvalue weighted by atomic mass is 15.5. The first-order chi connectivity index (χ1) is 16.2. The predicted octanol–water partition coefficient (Wildman–Crippen LogP) is 2.61. The van der Waals surface area contributed by atoms with E-state index in [0.29, 0.717) is 5.82 Å². The molecule has 10 nitrogen and oxygen atoms in total. The van der Waals surface area contributed by atoms with E-state index in [1.807, 2.05) is 51.8 Å². The molecule has 6 rings (SSSR count). The topological polar surface area (TPSA) is 116 Å². The number of anilines is 2. The lowest BCUT2D eigenvalue weighted by Crippen LogP contribution is -2.22. The number of nitrogens with one attached hydrogen (secondary N) is 2. The fraction of sp³-hybridized carbons (Fsp3) is 0.130. The Morgan fingerprint density at radius 1 is 1.09 bits per heavy atom. The number of hydrogen-bond donors (Lipinski definition) is 3. The van der Waals surface area contributed by atoms with E-state index in [0.717, 1.165) is 59.1 Å². The first-order valence-corrected chi connectivity index (χ1v) is 10.7. The average Bonchev–Trinajstić information content (AvgIpc) is 3.61. The zero-order valence-corrected chi connectivity index (χ0v) is 17.8. The summed E-state index contributed by atoms with van der Waals surface area (Å²) in [6, 6.07) is 8.10. The minimum absolute atomic E-state index is 0.681. The maximum Gasteiger partial charge on any atom is 0.180 e. The number of fused-ring (bicyclic) bond motifs is 1. The molecule has 5 heterocycles. The maximum atomic E-state index is 5.78. The quantitative estimate of drug-likeness (QED) is 0.361. The van der Waals surface area contributed by atoms with Crippen LogP contribution in [-0.2, 0) is 0 Å². The summed E-state index contributed by atoms with van der Waals surface area (Å²) in [5.74, 6) is 6.46. The van der Waals surface area contributed by atoms with Crippen molar-refractivity contribution in [3.63, 3.8) is 0 Å². The van der Waals surface area contributed by atoms with Gasteiger partial charge < -0.3 is 21.0 Å². The number of benzene rings is 1. The standard InChI is InChI=1S/C23H22N10/c24-33-13-17(11-28-33)21-12-27-23-22(30-20(14-32(21)23)16-2-1-7-25-10-16)29-18-3-5-19(6-4-18)31-9-8-26-15-31/h2-6,8-9,11-15,25H,1,7,10,24H2,(H,29,30). The average molecular weight is 438 g/mol. The third kappa shape index (κ3) is 3.62. The third-order valence-corrected chi connectivity index (χ3v) is 5.68. The second kappa shape index (κ2) is 7.92. The summed E-state index contributed by atoms with van der Waals surface area (Å²) in [5.41, 5.74) is 6.51. The molecule has 0 saturated heterocycles. The van der Waals surface area contributed by atoms with Crippen LogP contribution in [0.4, 0.5) is 11.5 Å². The first kappa shape index (κ1) is 19.3. The number of imidazole rings is 2. The molecule has 0 amide bonds. The molecule has 0 radical (unpaired) electrons. The Morgan fingerprint density at radius 2 is 2.00 bits per heavy atom. The molecule has 0 saturated carbocycles. The summed E-state index contributed by atoms with van der Waals surface area (Å²) >= 11 is 0. The minimum atomic E-state index is 0.681. The molecule has 10 heteroatoms. The van der Waals surface area contributed by atoms with E-state index in [1.54, 1.807) is 24.9 Å². The normalized spacial score (nSPS) is 13.9. The van der Waals surface area contributed by atoms with Crippen LogP contribution in [0.5, 0.6) is 0 Å². The molecule has 1 aliphatic rings. The van der Waals surface area contributed by atoms with Gasteiger partial charge in [-0.25, -0.2) is 15.0 Å². The van der Waals surface area contributed by atoms with Crippen molar-refractivity contribution in [2.75, 3.05) is 24.2 Å². The lowest BCUT2D eigenvalue weighted by Gasteiger charge is -2.16. The van der Waals surface area contributed by atoms with Crippen molar-refractivity contribution in [3.8, 4) is 16.9 Å². The molecule has 4 aromatic heterocycles. The predicted molar refractivity (Wildman–Crippen MR) is 127 cm³/mol. The number of aromatic nitrogens is 7. The molecule has 0 unspecified atom stereocenters. The highest BCUT2D eigenvalue weighted by Gasteiger charge is 2.17. The fourth-order valence-corrected chi connectivity index (χ4v) is 4.02. The van der Waals surface area contributed by atoms with Gasteiger partial charge in [0.1, 0.15) is 0 Å². The number of nitrogens with two attached hydrogens (primary N) is 1. The first-order valence-electron chi connectivity index (χ1n) is 10.7. The van der Waals surface area contributed by atoms with Gasteiger partial charge in [0.15, 0.2) is 11.5 Å². The Morgan fingerprint density at radius 3 is 2.73 bits per heavy atom. The van der Waals surface area contributed by atoms with Crippen LogP contribution in [0.2, 0.25) is 0 Å². The zero-order valence-electron chi connectivity index (χ0n) is 17.8. The maximum absolute atomic E-state index is 5.78. The summed E-state index contributed by atoms with van der Waals surface area (Å²) in [6.45, 7) is 1.76. The zero-order chi connectivity index (χ0) is 22.2. The lowest BCUT2D eigenvalue weighted by molar-refractivity contribution is 0.737. The molecule has 0 bridgehead atoms. The number of rotatable bonds is 5. The van der Waals surface area contributed by atoms with E-state index in [1.165, 1.54) is 4.79 Å². The lowest BCUT2D eigenvalue weighted by atomic mass is 10.1. The number of nitrogen functional groups attached to an aromatic ring is 1. The van der Waals surface area contributed by atoms with E-state index >= 15 is 0 Å². The molecule has 4 N–H and O–H groups in total. The Labute approximate surface area is 189 Å². The summed E-state index contributed by atoms with van der Waals surface area (Å²) in [4.78, 5) is 15.0. The van der Waals surface area contributed by atoms with E-state index in [-0.39, 0.29) is 0 Å². The van der Waals surface area contributed by atoms with Gasteiger partial charge in [-0.3, -0.25) is 4.40 Å². The van der Waals surface area contributed by atoms with Gasteiger partial charge in [-0.2, -0.15) is 9.89 Å². The molecule has 0 fully saturated rings. The van der Waals surface area contributed by atoms with Crippen LogP contribution in [0.15, 0.2) is 73.8 Å². The highest BCUT2D eigenvalue weighted by molar-refractivity contribution is 5.77. The summed E-state index contributed by atoms with van der Waals surface area (Å²) < 4.78 is 4.00. The van der Waals surface area contributed by atoms with Crippen molar-refractivity contribution in [1.82, 2.24) is 39.1 Å². The summed E-state index contributed by atoms with van der Waals surface area (Å²) in [5, 5.41) is 11.0. The van der Waals surface area contributed by atoms with E-state index in [4.69, 9.17) is 10.8 Å². The molecule has 164 valence electrons. The van der Waals surface area contributed by atoms with Crippen LogP contribution in [0.3, 0.4) is 0 Å². The Bertz CT molecular complexity index is 1440. The monoisotopic (exact) mass is 438 g/mol. The van der Waals surface area contributed by atoms with Crippen LogP contribution in [0, 0.1) is 0 Å². The highest BCUT2D eigenvalue weighted by Crippen LogP contribution is 2.28. The van der Waals surface area contributed by atoms with E-state index in [2.05, 4.69) is 31.8 Å². The van der Waals surface area contributed by atoms with Gasteiger partial charge >= 0.3 is 0 Å². The van der Waals surface area contributed by atoms with E-state index in [9.17, 15) is 0 Å². The van der Waals surface area contributed by atoms with Crippen molar-refractivity contribution < 1.29 is 0 Å². The SMILES string of the molecule is Nn1cc(-c2cnc3c(Nc4ccc(-n5ccnc5)cc4)nc(C4=CCCNC4)cn23)cn1. The number of hydrogen-bond acceptors (Lipinski definition) is 7. The smallest absolute Gasteiger partial charge is 0.180 e. The molecular formula is C23H22N10. The van der Waals surface area contributed by atoms with E-state index < -0.39 is 0 Å². The minimum Gasteiger partial charge on any atom is -0.337 e.